The number of hydrogen-bond acceptors (Lipinski definition) is 2. The van der Waals surface area contributed by atoms with Gasteiger partial charge in [-0.15, -0.1) is 0 Å². The van der Waals surface area contributed by atoms with Crippen LogP contribution in [0.15, 0.2) is 54.6 Å². The number of rotatable bonds is 6. The number of hydrogen-bond donors (Lipinski definition) is 1. The Bertz CT molecular complexity index is 677. The second-order valence-corrected chi connectivity index (χ2v) is 6.93. The fraction of sp³-hybridized carbons (Fsp3) is 0.429. The van der Waals surface area contributed by atoms with E-state index in [9.17, 15) is 13.2 Å². The van der Waals surface area contributed by atoms with Crippen LogP contribution in [0.25, 0.3) is 0 Å². The summed E-state index contributed by atoms with van der Waals surface area (Å²) < 4.78 is 38.3. The predicted octanol–water partition coefficient (Wildman–Crippen LogP) is 4.50. The molecule has 2 aromatic rings. The molecule has 0 unspecified atom stereocenters. The Morgan fingerprint density at radius 2 is 1.62 bits per heavy atom. The second kappa shape index (κ2) is 8.69. The molecule has 1 N–H and O–H groups in total. The molecule has 5 heteroatoms. The van der Waals surface area contributed by atoms with Crippen molar-refractivity contribution in [1.29, 1.82) is 0 Å². The van der Waals surface area contributed by atoms with Crippen molar-refractivity contribution in [2.24, 2.45) is 0 Å². The van der Waals surface area contributed by atoms with Crippen molar-refractivity contribution in [3.63, 3.8) is 0 Å². The SMILES string of the molecule is FC(F)(F)c1cccc(CNC2CCN(CCc3ccccc3)CC2)c1. The zero-order valence-corrected chi connectivity index (χ0v) is 14.8. The molecule has 140 valence electrons. The zero-order valence-electron chi connectivity index (χ0n) is 14.8. The highest BCUT2D eigenvalue weighted by Crippen LogP contribution is 2.29. The van der Waals surface area contributed by atoms with Gasteiger partial charge in [-0.2, -0.15) is 13.2 Å². The summed E-state index contributed by atoms with van der Waals surface area (Å²) in [6.07, 6.45) is -1.15. The molecule has 1 fully saturated rings. The van der Waals surface area contributed by atoms with Gasteiger partial charge in [-0.1, -0.05) is 48.5 Å². The normalized spacial score (nSPS) is 16.7. The highest BCUT2D eigenvalue weighted by atomic mass is 19.4. The van der Waals surface area contributed by atoms with Gasteiger partial charge in [0.15, 0.2) is 0 Å². The summed E-state index contributed by atoms with van der Waals surface area (Å²) in [6.45, 7) is 3.61. The van der Waals surface area contributed by atoms with Crippen LogP contribution in [0.2, 0.25) is 0 Å². The van der Waals surface area contributed by atoms with Crippen molar-refractivity contribution >= 4 is 0 Å². The van der Waals surface area contributed by atoms with Crippen molar-refractivity contribution < 1.29 is 13.2 Å². The van der Waals surface area contributed by atoms with Crippen molar-refractivity contribution in [1.82, 2.24) is 10.2 Å². The van der Waals surface area contributed by atoms with Crippen LogP contribution in [0.5, 0.6) is 0 Å². The molecular weight excluding hydrogens is 337 g/mol. The van der Waals surface area contributed by atoms with E-state index in [-0.39, 0.29) is 0 Å². The van der Waals surface area contributed by atoms with Crippen LogP contribution in [0, 0.1) is 0 Å². The van der Waals surface area contributed by atoms with E-state index in [2.05, 4.69) is 34.5 Å². The third-order valence-corrected chi connectivity index (χ3v) is 5.00. The smallest absolute Gasteiger partial charge is 0.310 e. The zero-order chi connectivity index (χ0) is 18.4. The Hall–Kier alpha value is -1.85. The monoisotopic (exact) mass is 362 g/mol. The first kappa shape index (κ1) is 18.9. The number of nitrogens with one attached hydrogen (secondary N) is 1. The van der Waals surface area contributed by atoms with Gasteiger partial charge >= 0.3 is 6.18 Å². The fourth-order valence-electron chi connectivity index (χ4n) is 3.41. The molecule has 26 heavy (non-hydrogen) atoms. The van der Waals surface area contributed by atoms with Gasteiger partial charge in [0.05, 0.1) is 5.56 Å². The van der Waals surface area contributed by atoms with Gasteiger partial charge in [0, 0.05) is 19.1 Å². The van der Waals surface area contributed by atoms with Gasteiger partial charge in [0.1, 0.15) is 0 Å². The van der Waals surface area contributed by atoms with Crippen molar-refractivity contribution in [2.75, 3.05) is 19.6 Å². The Kier molecular flexibility index (Phi) is 6.33. The maximum Gasteiger partial charge on any atom is 0.416 e. The molecule has 0 aromatic heterocycles. The molecule has 1 heterocycles. The van der Waals surface area contributed by atoms with E-state index in [0.29, 0.717) is 18.2 Å². The maximum atomic E-state index is 12.8. The van der Waals surface area contributed by atoms with E-state index in [0.717, 1.165) is 45.0 Å². The van der Waals surface area contributed by atoms with E-state index >= 15 is 0 Å². The average Bonchev–Trinajstić information content (AvgIpc) is 2.66. The summed E-state index contributed by atoms with van der Waals surface area (Å²) in [5.41, 5.74) is 1.47. The lowest BCUT2D eigenvalue weighted by Crippen LogP contribution is -2.42. The Balaban J connectivity index is 1.40. The first-order chi connectivity index (χ1) is 12.5. The number of benzene rings is 2. The summed E-state index contributed by atoms with van der Waals surface area (Å²) >= 11 is 0. The number of likely N-dealkylation sites (tertiary alicyclic amines) is 1. The molecule has 0 spiro atoms. The molecule has 1 saturated heterocycles. The summed E-state index contributed by atoms with van der Waals surface area (Å²) in [6, 6.07) is 16.4. The molecule has 0 atom stereocenters. The van der Waals surface area contributed by atoms with Gasteiger partial charge < -0.3 is 10.2 Å². The minimum Gasteiger partial charge on any atom is -0.310 e. The molecular formula is C21H25F3N2. The first-order valence-electron chi connectivity index (χ1n) is 9.16. The van der Waals surface area contributed by atoms with Crippen LogP contribution >= 0.6 is 0 Å². The molecule has 0 radical (unpaired) electrons. The Morgan fingerprint density at radius 3 is 2.31 bits per heavy atom. The van der Waals surface area contributed by atoms with E-state index < -0.39 is 11.7 Å². The van der Waals surface area contributed by atoms with E-state index in [1.807, 2.05) is 6.07 Å². The highest BCUT2D eigenvalue weighted by molar-refractivity contribution is 5.25. The predicted molar refractivity (Wildman–Crippen MR) is 97.9 cm³/mol. The lowest BCUT2D eigenvalue weighted by molar-refractivity contribution is -0.137. The summed E-state index contributed by atoms with van der Waals surface area (Å²) in [5, 5.41) is 3.42. The summed E-state index contributed by atoms with van der Waals surface area (Å²) in [5.74, 6) is 0. The topological polar surface area (TPSA) is 15.3 Å². The van der Waals surface area contributed by atoms with Gasteiger partial charge in [-0.25, -0.2) is 0 Å². The number of halogens is 3. The standard InChI is InChI=1S/C21H25F3N2/c22-21(23,24)19-8-4-7-18(15-19)16-25-20-10-13-26(14-11-20)12-9-17-5-2-1-3-6-17/h1-8,15,20,25H,9-14,16H2. The second-order valence-electron chi connectivity index (χ2n) is 6.93. The molecule has 0 saturated carbocycles. The third-order valence-electron chi connectivity index (χ3n) is 5.00. The van der Waals surface area contributed by atoms with E-state index in [1.165, 1.54) is 17.7 Å². The lowest BCUT2D eigenvalue weighted by atomic mass is 10.0. The minimum absolute atomic E-state index is 0.373. The number of nitrogens with zero attached hydrogens (tertiary/aromatic N) is 1. The van der Waals surface area contributed by atoms with E-state index in [1.54, 1.807) is 6.07 Å². The third kappa shape index (κ3) is 5.58. The molecule has 2 aromatic carbocycles. The average molecular weight is 362 g/mol. The number of alkyl halides is 3. The van der Waals surface area contributed by atoms with Gasteiger partial charge in [0.2, 0.25) is 0 Å². The largest absolute Gasteiger partial charge is 0.416 e. The highest BCUT2D eigenvalue weighted by Gasteiger charge is 2.30. The Labute approximate surface area is 153 Å². The van der Waals surface area contributed by atoms with Crippen molar-refractivity contribution in [3.05, 3.63) is 71.3 Å². The molecule has 0 bridgehead atoms. The molecule has 3 rings (SSSR count). The van der Waals surface area contributed by atoms with Crippen molar-refractivity contribution in [2.45, 2.75) is 38.0 Å². The minimum atomic E-state index is -4.28. The quantitative estimate of drug-likeness (QED) is 0.814. The van der Waals surface area contributed by atoms with Crippen LogP contribution in [0.4, 0.5) is 13.2 Å². The van der Waals surface area contributed by atoms with Crippen LogP contribution < -0.4 is 5.32 Å². The Morgan fingerprint density at radius 1 is 0.923 bits per heavy atom. The van der Waals surface area contributed by atoms with Gasteiger partial charge in [0.25, 0.3) is 0 Å². The molecule has 0 aliphatic carbocycles. The van der Waals surface area contributed by atoms with E-state index in [4.69, 9.17) is 0 Å². The first-order valence-corrected chi connectivity index (χ1v) is 9.16. The molecule has 2 nitrogen and oxygen atoms in total. The van der Waals surface area contributed by atoms with Crippen molar-refractivity contribution in [3.8, 4) is 0 Å². The lowest BCUT2D eigenvalue weighted by Gasteiger charge is -2.32. The van der Waals surface area contributed by atoms with Gasteiger partial charge in [-0.3, -0.25) is 0 Å². The van der Waals surface area contributed by atoms with Crippen LogP contribution in [-0.4, -0.2) is 30.6 Å². The molecule has 0 amide bonds. The summed E-state index contributed by atoms with van der Waals surface area (Å²) in [4.78, 5) is 2.47. The van der Waals surface area contributed by atoms with Crippen LogP contribution in [0.3, 0.4) is 0 Å². The molecule has 1 aliphatic rings. The summed E-state index contributed by atoms with van der Waals surface area (Å²) in [7, 11) is 0. The number of piperidine rings is 1. The maximum absolute atomic E-state index is 12.8. The fourth-order valence-corrected chi connectivity index (χ4v) is 3.41. The molecule has 1 aliphatic heterocycles. The van der Waals surface area contributed by atoms with Gasteiger partial charge in [-0.05, 0) is 49.5 Å². The van der Waals surface area contributed by atoms with Crippen LogP contribution in [0.1, 0.15) is 29.5 Å². The van der Waals surface area contributed by atoms with Crippen LogP contribution in [-0.2, 0) is 19.1 Å².